The van der Waals surface area contributed by atoms with Crippen LogP contribution in [0.2, 0.25) is 0 Å². The number of hydrogen-bond donors (Lipinski definition) is 1. The summed E-state index contributed by atoms with van der Waals surface area (Å²) >= 11 is 0. The molecule has 2 rings (SSSR count). The van der Waals surface area contributed by atoms with Crippen LogP contribution < -0.4 is 5.32 Å². The van der Waals surface area contributed by atoms with Crippen molar-refractivity contribution in [2.24, 2.45) is 0 Å². The van der Waals surface area contributed by atoms with Crippen LogP contribution in [-0.4, -0.2) is 56.1 Å². The van der Waals surface area contributed by atoms with E-state index < -0.39 is 0 Å². The van der Waals surface area contributed by atoms with Crippen molar-refractivity contribution in [2.75, 3.05) is 46.3 Å². The first kappa shape index (κ1) is 14.9. The SMILES string of the molecule is CN(CCN1CCNCC1)Cc1cccc(C#N)c1F. The number of halogens is 1. The average Bonchev–Trinajstić information content (AvgIpc) is 2.48. The first-order valence-electron chi connectivity index (χ1n) is 7.00. The van der Waals surface area contributed by atoms with E-state index in [0.29, 0.717) is 12.1 Å². The Morgan fingerprint density at radius 2 is 2.15 bits per heavy atom. The number of nitriles is 1. The van der Waals surface area contributed by atoms with Gasteiger partial charge in [0.05, 0.1) is 5.56 Å². The molecule has 1 saturated heterocycles. The topological polar surface area (TPSA) is 42.3 Å². The predicted molar refractivity (Wildman–Crippen MR) is 76.8 cm³/mol. The smallest absolute Gasteiger partial charge is 0.145 e. The highest BCUT2D eigenvalue weighted by Crippen LogP contribution is 2.13. The minimum Gasteiger partial charge on any atom is -0.314 e. The molecule has 20 heavy (non-hydrogen) atoms. The van der Waals surface area contributed by atoms with Crippen molar-refractivity contribution >= 4 is 0 Å². The van der Waals surface area contributed by atoms with Crippen molar-refractivity contribution < 1.29 is 4.39 Å². The van der Waals surface area contributed by atoms with Gasteiger partial charge >= 0.3 is 0 Å². The molecule has 1 aliphatic heterocycles. The molecule has 0 aliphatic carbocycles. The summed E-state index contributed by atoms with van der Waals surface area (Å²) in [5.74, 6) is -0.385. The number of nitrogens with zero attached hydrogens (tertiary/aromatic N) is 3. The van der Waals surface area contributed by atoms with Crippen LogP contribution in [0.4, 0.5) is 4.39 Å². The molecule has 0 aromatic heterocycles. The number of likely N-dealkylation sites (N-methyl/N-ethyl adjacent to an activating group) is 1. The highest BCUT2D eigenvalue weighted by Gasteiger charge is 2.12. The van der Waals surface area contributed by atoms with Crippen LogP contribution in [0.1, 0.15) is 11.1 Å². The highest BCUT2D eigenvalue weighted by atomic mass is 19.1. The molecule has 1 N–H and O–H groups in total. The molecule has 1 heterocycles. The van der Waals surface area contributed by atoms with E-state index in [1.807, 2.05) is 13.1 Å². The zero-order valence-electron chi connectivity index (χ0n) is 11.9. The Labute approximate surface area is 119 Å². The molecule has 5 heteroatoms. The lowest BCUT2D eigenvalue weighted by Gasteiger charge is -2.29. The van der Waals surface area contributed by atoms with Crippen molar-refractivity contribution in [1.29, 1.82) is 5.26 Å². The van der Waals surface area contributed by atoms with E-state index >= 15 is 0 Å². The van der Waals surface area contributed by atoms with E-state index in [2.05, 4.69) is 15.1 Å². The van der Waals surface area contributed by atoms with E-state index in [4.69, 9.17) is 5.26 Å². The van der Waals surface area contributed by atoms with Crippen molar-refractivity contribution in [3.63, 3.8) is 0 Å². The fourth-order valence-corrected chi connectivity index (χ4v) is 2.40. The quantitative estimate of drug-likeness (QED) is 0.872. The summed E-state index contributed by atoms with van der Waals surface area (Å²) in [6.45, 7) is 6.67. The van der Waals surface area contributed by atoms with Gasteiger partial charge in [0.25, 0.3) is 0 Å². The van der Waals surface area contributed by atoms with E-state index in [1.165, 1.54) is 6.07 Å². The minimum atomic E-state index is -0.385. The van der Waals surface area contributed by atoms with E-state index in [-0.39, 0.29) is 11.4 Å². The van der Waals surface area contributed by atoms with Crippen molar-refractivity contribution in [3.05, 3.63) is 35.1 Å². The van der Waals surface area contributed by atoms with Gasteiger partial charge in [-0.2, -0.15) is 5.26 Å². The second-order valence-electron chi connectivity index (χ2n) is 5.22. The monoisotopic (exact) mass is 276 g/mol. The highest BCUT2D eigenvalue weighted by molar-refractivity contribution is 5.34. The van der Waals surface area contributed by atoms with Gasteiger partial charge in [-0.25, -0.2) is 4.39 Å². The molecule has 0 saturated carbocycles. The van der Waals surface area contributed by atoms with Crippen LogP contribution in [0, 0.1) is 17.1 Å². The fourth-order valence-electron chi connectivity index (χ4n) is 2.40. The number of nitrogens with one attached hydrogen (secondary N) is 1. The lowest BCUT2D eigenvalue weighted by Crippen LogP contribution is -2.45. The van der Waals surface area contributed by atoms with Crippen molar-refractivity contribution in [2.45, 2.75) is 6.54 Å². The van der Waals surface area contributed by atoms with Gasteiger partial charge < -0.3 is 10.2 Å². The van der Waals surface area contributed by atoms with Gasteiger partial charge in [-0.3, -0.25) is 4.90 Å². The second kappa shape index (κ2) is 7.34. The zero-order valence-corrected chi connectivity index (χ0v) is 11.9. The Balaban J connectivity index is 1.85. The number of benzene rings is 1. The van der Waals surface area contributed by atoms with Gasteiger partial charge in [-0.05, 0) is 13.1 Å². The third-order valence-corrected chi connectivity index (χ3v) is 3.65. The van der Waals surface area contributed by atoms with E-state index in [0.717, 1.165) is 39.3 Å². The van der Waals surface area contributed by atoms with Crippen molar-refractivity contribution in [1.82, 2.24) is 15.1 Å². The first-order valence-corrected chi connectivity index (χ1v) is 7.00. The van der Waals surface area contributed by atoms with Gasteiger partial charge in [0, 0.05) is 51.4 Å². The molecule has 1 aromatic carbocycles. The summed E-state index contributed by atoms with van der Waals surface area (Å²) in [4.78, 5) is 4.51. The second-order valence-corrected chi connectivity index (χ2v) is 5.22. The molecule has 1 aliphatic rings. The largest absolute Gasteiger partial charge is 0.314 e. The molecule has 0 amide bonds. The van der Waals surface area contributed by atoms with Crippen LogP contribution in [0.15, 0.2) is 18.2 Å². The Bertz CT molecular complexity index is 477. The van der Waals surface area contributed by atoms with Gasteiger partial charge in [-0.1, -0.05) is 12.1 Å². The normalized spacial score (nSPS) is 16.3. The lowest BCUT2D eigenvalue weighted by molar-refractivity contribution is 0.201. The summed E-state index contributed by atoms with van der Waals surface area (Å²) < 4.78 is 14.0. The Hall–Kier alpha value is -1.48. The lowest BCUT2D eigenvalue weighted by atomic mass is 10.1. The maximum Gasteiger partial charge on any atom is 0.145 e. The van der Waals surface area contributed by atoms with Gasteiger partial charge in [0.15, 0.2) is 0 Å². The minimum absolute atomic E-state index is 0.123. The number of rotatable bonds is 5. The fraction of sp³-hybridized carbons (Fsp3) is 0.533. The molecule has 1 fully saturated rings. The van der Waals surface area contributed by atoms with E-state index in [1.54, 1.807) is 12.1 Å². The van der Waals surface area contributed by atoms with E-state index in [9.17, 15) is 4.39 Å². The molecule has 1 aromatic rings. The van der Waals surface area contributed by atoms with Crippen molar-refractivity contribution in [3.8, 4) is 6.07 Å². The molecule has 0 radical (unpaired) electrons. The molecule has 0 spiro atoms. The van der Waals surface area contributed by atoms with Gasteiger partial charge in [-0.15, -0.1) is 0 Å². The molecule has 0 atom stereocenters. The average molecular weight is 276 g/mol. The summed E-state index contributed by atoms with van der Waals surface area (Å²) in [5.41, 5.74) is 0.713. The van der Waals surface area contributed by atoms with Gasteiger partial charge in [0.2, 0.25) is 0 Å². The third kappa shape index (κ3) is 4.01. The van der Waals surface area contributed by atoms with Crippen LogP contribution in [-0.2, 0) is 6.54 Å². The van der Waals surface area contributed by atoms with Gasteiger partial charge in [0.1, 0.15) is 11.9 Å². The summed E-state index contributed by atoms with van der Waals surface area (Å²) in [7, 11) is 1.99. The third-order valence-electron chi connectivity index (χ3n) is 3.65. The Kier molecular flexibility index (Phi) is 5.48. The molecule has 0 unspecified atom stereocenters. The first-order chi connectivity index (χ1) is 9.70. The molecule has 108 valence electrons. The molecule has 4 nitrogen and oxygen atoms in total. The molecular formula is C15H21FN4. The van der Waals surface area contributed by atoms with Crippen LogP contribution in [0.25, 0.3) is 0 Å². The standard InChI is InChI=1S/C15H21FN4/c1-19(9-10-20-7-5-18-6-8-20)12-14-4-2-3-13(11-17)15(14)16/h2-4,18H,5-10,12H2,1H3. The van der Waals surface area contributed by atoms with Crippen LogP contribution >= 0.6 is 0 Å². The summed E-state index contributed by atoms with van der Waals surface area (Å²) in [6.07, 6.45) is 0. The number of hydrogen-bond acceptors (Lipinski definition) is 4. The van der Waals surface area contributed by atoms with Crippen LogP contribution in [0.3, 0.4) is 0 Å². The molecular weight excluding hydrogens is 255 g/mol. The molecule has 0 bridgehead atoms. The Morgan fingerprint density at radius 1 is 1.40 bits per heavy atom. The Morgan fingerprint density at radius 3 is 2.85 bits per heavy atom. The maximum atomic E-state index is 14.0. The van der Waals surface area contributed by atoms with Crippen LogP contribution in [0.5, 0.6) is 0 Å². The zero-order chi connectivity index (χ0) is 14.4. The predicted octanol–water partition coefficient (Wildman–Crippen LogP) is 1.03. The number of piperazine rings is 1. The summed E-state index contributed by atoms with van der Waals surface area (Å²) in [5, 5.41) is 12.2. The summed E-state index contributed by atoms with van der Waals surface area (Å²) in [6, 6.07) is 6.88. The maximum absolute atomic E-state index is 14.0.